The van der Waals surface area contributed by atoms with Crippen LogP contribution in [0.3, 0.4) is 0 Å². The Labute approximate surface area is 86.1 Å². The number of nitrogens with two attached hydrogens (primary N) is 1. The van der Waals surface area contributed by atoms with Crippen LogP contribution >= 0.6 is 11.5 Å². The first-order valence-electron chi connectivity index (χ1n) is 4.38. The van der Waals surface area contributed by atoms with E-state index in [4.69, 9.17) is 5.73 Å². The van der Waals surface area contributed by atoms with E-state index < -0.39 is 0 Å². The molecule has 1 unspecified atom stereocenters. The second kappa shape index (κ2) is 3.45. The molecule has 1 amide bonds. The van der Waals surface area contributed by atoms with Gasteiger partial charge in [-0.25, -0.2) is 0 Å². The standard InChI is InChI=1S/C8H12N4OS/c1-12-4-5(2-8(12)13)10-7-3-6(9)11-14-7/h3,5,10H,2,4H2,1H3,(H2,9,11). The van der Waals surface area contributed by atoms with Crippen molar-refractivity contribution in [3.05, 3.63) is 6.07 Å². The highest BCUT2D eigenvalue weighted by Gasteiger charge is 2.26. The predicted octanol–water partition coefficient (Wildman–Crippen LogP) is 0.368. The quantitative estimate of drug-likeness (QED) is 0.743. The van der Waals surface area contributed by atoms with Gasteiger partial charge in [0.1, 0.15) is 10.8 Å². The molecule has 0 saturated carbocycles. The lowest BCUT2D eigenvalue weighted by Gasteiger charge is -2.10. The first-order valence-corrected chi connectivity index (χ1v) is 5.15. The maximum absolute atomic E-state index is 11.2. The highest BCUT2D eigenvalue weighted by atomic mass is 32.1. The number of aromatic nitrogens is 1. The Morgan fingerprint density at radius 2 is 2.57 bits per heavy atom. The summed E-state index contributed by atoms with van der Waals surface area (Å²) < 4.78 is 3.96. The molecule has 5 nitrogen and oxygen atoms in total. The molecule has 1 aliphatic heterocycles. The van der Waals surface area contributed by atoms with Crippen LogP contribution < -0.4 is 11.1 Å². The van der Waals surface area contributed by atoms with Gasteiger partial charge in [0.2, 0.25) is 5.91 Å². The molecule has 1 atom stereocenters. The second-order valence-corrected chi connectivity index (χ2v) is 4.24. The summed E-state index contributed by atoms with van der Waals surface area (Å²) in [7, 11) is 1.81. The summed E-state index contributed by atoms with van der Waals surface area (Å²) in [6, 6.07) is 1.97. The molecule has 0 spiro atoms. The predicted molar refractivity (Wildman–Crippen MR) is 56.2 cm³/mol. The van der Waals surface area contributed by atoms with Crippen LogP contribution in [0.2, 0.25) is 0 Å². The lowest BCUT2D eigenvalue weighted by atomic mass is 10.2. The molecule has 0 radical (unpaired) electrons. The summed E-state index contributed by atoms with van der Waals surface area (Å²) >= 11 is 1.32. The van der Waals surface area contributed by atoms with Crippen molar-refractivity contribution in [1.29, 1.82) is 0 Å². The summed E-state index contributed by atoms with van der Waals surface area (Å²) in [6.07, 6.45) is 0.550. The molecule has 6 heteroatoms. The molecule has 0 bridgehead atoms. The summed E-state index contributed by atoms with van der Waals surface area (Å²) in [6.45, 7) is 0.747. The van der Waals surface area contributed by atoms with E-state index in [0.29, 0.717) is 12.2 Å². The molecular weight excluding hydrogens is 200 g/mol. The molecule has 1 aromatic rings. The summed E-state index contributed by atoms with van der Waals surface area (Å²) in [5, 5.41) is 4.16. The van der Waals surface area contributed by atoms with Crippen LogP contribution in [0.1, 0.15) is 6.42 Å². The lowest BCUT2D eigenvalue weighted by Crippen LogP contribution is -2.23. The van der Waals surface area contributed by atoms with Gasteiger partial charge in [-0.05, 0) is 11.5 Å². The molecule has 1 fully saturated rings. The topological polar surface area (TPSA) is 71.2 Å². The fourth-order valence-electron chi connectivity index (χ4n) is 1.52. The van der Waals surface area contributed by atoms with Crippen molar-refractivity contribution in [1.82, 2.24) is 9.27 Å². The summed E-state index contributed by atoms with van der Waals surface area (Å²) in [5.41, 5.74) is 5.49. The van der Waals surface area contributed by atoms with E-state index in [9.17, 15) is 4.79 Å². The van der Waals surface area contributed by atoms with Gasteiger partial charge in [0.05, 0.1) is 6.04 Å². The molecule has 2 rings (SSSR count). The molecule has 2 heterocycles. The van der Waals surface area contributed by atoms with Crippen LogP contribution in [0.15, 0.2) is 6.07 Å². The van der Waals surface area contributed by atoms with Crippen LogP contribution in [-0.2, 0) is 4.79 Å². The van der Waals surface area contributed by atoms with Crippen LogP contribution in [0.25, 0.3) is 0 Å². The summed E-state index contributed by atoms with van der Waals surface area (Å²) in [4.78, 5) is 13.0. The van der Waals surface area contributed by atoms with Crippen molar-refractivity contribution in [2.24, 2.45) is 0 Å². The fourth-order valence-corrected chi connectivity index (χ4v) is 2.17. The monoisotopic (exact) mass is 212 g/mol. The number of hydrogen-bond acceptors (Lipinski definition) is 5. The second-order valence-electron chi connectivity index (χ2n) is 3.44. The van der Waals surface area contributed by atoms with E-state index >= 15 is 0 Å². The zero-order valence-electron chi connectivity index (χ0n) is 7.86. The number of carbonyl (C=O) groups excluding carboxylic acids is 1. The van der Waals surface area contributed by atoms with E-state index in [2.05, 4.69) is 9.69 Å². The Morgan fingerprint density at radius 1 is 1.79 bits per heavy atom. The van der Waals surface area contributed by atoms with Crippen molar-refractivity contribution >= 4 is 28.3 Å². The average Bonchev–Trinajstić information content (AvgIpc) is 2.62. The smallest absolute Gasteiger partial charge is 0.224 e. The zero-order chi connectivity index (χ0) is 10.1. The molecule has 3 N–H and O–H groups in total. The van der Waals surface area contributed by atoms with Gasteiger partial charge < -0.3 is 16.0 Å². The molecule has 76 valence electrons. The normalized spacial score (nSPS) is 21.6. The maximum atomic E-state index is 11.2. The minimum atomic E-state index is 0.181. The van der Waals surface area contributed by atoms with Crippen molar-refractivity contribution in [2.45, 2.75) is 12.5 Å². The van der Waals surface area contributed by atoms with Gasteiger partial charge in [0, 0.05) is 26.1 Å². The Morgan fingerprint density at radius 3 is 3.07 bits per heavy atom. The molecule has 14 heavy (non-hydrogen) atoms. The first kappa shape index (κ1) is 9.26. The van der Waals surface area contributed by atoms with Gasteiger partial charge in [0.15, 0.2) is 0 Å². The van der Waals surface area contributed by atoms with Crippen molar-refractivity contribution in [2.75, 3.05) is 24.6 Å². The van der Waals surface area contributed by atoms with Crippen LogP contribution in [-0.4, -0.2) is 34.8 Å². The Balaban J connectivity index is 1.96. The number of likely N-dealkylation sites (N-methyl/N-ethyl adjacent to an activating group) is 1. The van der Waals surface area contributed by atoms with Crippen molar-refractivity contribution in [3.63, 3.8) is 0 Å². The molecule has 0 aliphatic carbocycles. The number of nitrogens with one attached hydrogen (secondary N) is 1. The SMILES string of the molecule is CN1CC(Nc2cc(N)ns2)CC1=O. The fraction of sp³-hybridized carbons (Fsp3) is 0.500. The molecule has 1 aliphatic rings. The lowest BCUT2D eigenvalue weighted by molar-refractivity contribution is -0.126. The number of likely N-dealkylation sites (tertiary alicyclic amines) is 1. The maximum Gasteiger partial charge on any atom is 0.224 e. The van der Waals surface area contributed by atoms with Gasteiger partial charge in [-0.3, -0.25) is 4.79 Å². The third kappa shape index (κ3) is 1.79. The van der Waals surface area contributed by atoms with E-state index in [1.165, 1.54) is 11.5 Å². The minimum Gasteiger partial charge on any atom is -0.383 e. The molecular formula is C8H12N4OS. The average molecular weight is 212 g/mol. The van der Waals surface area contributed by atoms with Gasteiger partial charge in [-0.15, -0.1) is 0 Å². The third-order valence-corrected chi connectivity index (χ3v) is 2.95. The van der Waals surface area contributed by atoms with Gasteiger partial charge in [-0.1, -0.05) is 0 Å². The van der Waals surface area contributed by atoms with Crippen molar-refractivity contribution in [3.8, 4) is 0 Å². The van der Waals surface area contributed by atoms with E-state index in [0.717, 1.165) is 11.5 Å². The highest BCUT2D eigenvalue weighted by Crippen LogP contribution is 2.21. The third-order valence-electron chi connectivity index (χ3n) is 2.22. The van der Waals surface area contributed by atoms with Gasteiger partial charge in [0.25, 0.3) is 0 Å². The number of hydrogen-bond donors (Lipinski definition) is 2. The Kier molecular flexibility index (Phi) is 2.28. The van der Waals surface area contributed by atoms with E-state index in [-0.39, 0.29) is 11.9 Å². The minimum absolute atomic E-state index is 0.181. The Bertz CT molecular complexity index is 351. The summed E-state index contributed by atoms with van der Waals surface area (Å²) in [5.74, 6) is 0.704. The number of rotatable bonds is 2. The molecule has 1 aromatic heterocycles. The first-order chi connectivity index (χ1) is 6.65. The number of carbonyl (C=O) groups is 1. The largest absolute Gasteiger partial charge is 0.383 e. The van der Waals surface area contributed by atoms with Gasteiger partial charge in [-0.2, -0.15) is 4.37 Å². The number of amides is 1. The number of nitrogens with zero attached hydrogens (tertiary/aromatic N) is 2. The molecule has 1 saturated heterocycles. The Hall–Kier alpha value is -1.30. The number of nitrogen functional groups attached to an aromatic ring is 1. The van der Waals surface area contributed by atoms with E-state index in [1.807, 2.05) is 7.05 Å². The van der Waals surface area contributed by atoms with Crippen LogP contribution in [0.4, 0.5) is 10.8 Å². The molecule has 0 aromatic carbocycles. The zero-order valence-corrected chi connectivity index (χ0v) is 8.67. The van der Waals surface area contributed by atoms with Crippen molar-refractivity contribution < 1.29 is 4.79 Å². The van der Waals surface area contributed by atoms with Gasteiger partial charge >= 0.3 is 0 Å². The van der Waals surface area contributed by atoms with E-state index in [1.54, 1.807) is 11.0 Å². The van der Waals surface area contributed by atoms with Crippen LogP contribution in [0, 0.1) is 0 Å². The van der Waals surface area contributed by atoms with Crippen LogP contribution in [0.5, 0.6) is 0 Å². The highest BCUT2D eigenvalue weighted by molar-refractivity contribution is 7.10. The number of anilines is 2.